The molecule has 30 heavy (non-hydrogen) atoms. The number of halogens is 1. The highest BCUT2D eigenvalue weighted by atomic mass is 19.1. The number of hydrogen-bond acceptors (Lipinski definition) is 4. The Labute approximate surface area is 177 Å². The summed E-state index contributed by atoms with van der Waals surface area (Å²) >= 11 is 0. The topological polar surface area (TPSA) is 35.9 Å². The molecule has 0 aliphatic carbocycles. The minimum atomic E-state index is -0.545. The average molecular weight is 407 g/mol. The third-order valence-corrected chi connectivity index (χ3v) is 5.44. The summed E-state index contributed by atoms with van der Waals surface area (Å²) in [7, 11) is 0. The number of benzene rings is 3. The van der Waals surface area contributed by atoms with Crippen molar-refractivity contribution in [3.05, 3.63) is 84.7 Å². The van der Waals surface area contributed by atoms with Crippen LogP contribution in [0, 0.1) is 5.82 Å². The molecule has 1 fully saturated rings. The van der Waals surface area contributed by atoms with Crippen LogP contribution >= 0.6 is 0 Å². The Morgan fingerprint density at radius 2 is 1.43 bits per heavy atom. The zero-order chi connectivity index (χ0) is 20.8. The van der Waals surface area contributed by atoms with Gasteiger partial charge in [-0.15, -0.1) is 0 Å². The van der Waals surface area contributed by atoms with E-state index >= 15 is 0 Å². The maximum Gasteiger partial charge on any atom is 0.123 e. The Balaban J connectivity index is 1.21. The second-order valence-electron chi connectivity index (χ2n) is 7.62. The van der Waals surface area contributed by atoms with Crippen molar-refractivity contribution in [1.82, 2.24) is 4.90 Å². The van der Waals surface area contributed by atoms with Crippen molar-refractivity contribution in [1.29, 1.82) is 0 Å². The highest BCUT2D eigenvalue weighted by Gasteiger charge is 2.19. The number of anilines is 1. The number of β-amino-alcohol motifs (C(OH)–C–C–N with tert-alkyl or cyclic N) is 1. The molecule has 1 aliphatic rings. The predicted molar refractivity (Wildman–Crippen MR) is 118 cm³/mol. The molecule has 1 N–H and O–H groups in total. The van der Waals surface area contributed by atoms with E-state index in [9.17, 15) is 9.50 Å². The predicted octanol–water partition coefficient (Wildman–Crippen LogP) is 4.05. The van der Waals surface area contributed by atoms with Crippen LogP contribution in [0.15, 0.2) is 78.9 Å². The van der Waals surface area contributed by atoms with Gasteiger partial charge in [-0.1, -0.05) is 42.5 Å². The van der Waals surface area contributed by atoms with Crippen LogP contribution in [0.2, 0.25) is 0 Å². The van der Waals surface area contributed by atoms with E-state index in [-0.39, 0.29) is 12.4 Å². The van der Waals surface area contributed by atoms with Crippen molar-refractivity contribution in [3.63, 3.8) is 0 Å². The largest absolute Gasteiger partial charge is 0.491 e. The van der Waals surface area contributed by atoms with E-state index in [2.05, 4.69) is 21.9 Å². The molecule has 0 bridgehead atoms. The molecule has 3 aromatic rings. The Hall–Kier alpha value is -2.89. The molecule has 1 atom stereocenters. The maximum absolute atomic E-state index is 13.1. The first-order valence-electron chi connectivity index (χ1n) is 10.4. The Kier molecular flexibility index (Phi) is 6.62. The van der Waals surface area contributed by atoms with E-state index in [1.54, 1.807) is 0 Å². The fourth-order valence-corrected chi connectivity index (χ4v) is 3.76. The summed E-state index contributed by atoms with van der Waals surface area (Å²) in [6.07, 6.45) is -0.545. The smallest absolute Gasteiger partial charge is 0.123 e. The van der Waals surface area contributed by atoms with Gasteiger partial charge in [0, 0.05) is 38.4 Å². The molecule has 4 rings (SSSR count). The van der Waals surface area contributed by atoms with E-state index in [1.165, 1.54) is 17.7 Å². The van der Waals surface area contributed by atoms with Crippen LogP contribution in [0.5, 0.6) is 5.75 Å². The molecule has 1 heterocycles. The SMILES string of the molecule is O[C@@H](COc1ccc(-c2ccccc2)cc1)CN1CCN(c2ccc(F)cc2)CC1. The Morgan fingerprint density at radius 3 is 2.10 bits per heavy atom. The lowest BCUT2D eigenvalue weighted by Crippen LogP contribution is -2.49. The molecular weight excluding hydrogens is 379 g/mol. The number of piperazine rings is 1. The van der Waals surface area contributed by atoms with Gasteiger partial charge in [-0.3, -0.25) is 4.90 Å². The van der Waals surface area contributed by atoms with Crippen LogP contribution in [0.1, 0.15) is 0 Å². The fraction of sp³-hybridized carbons (Fsp3) is 0.280. The number of hydrogen-bond donors (Lipinski definition) is 1. The number of rotatable bonds is 7. The van der Waals surface area contributed by atoms with Crippen LogP contribution in [0.25, 0.3) is 11.1 Å². The van der Waals surface area contributed by atoms with Crippen molar-refractivity contribution in [2.45, 2.75) is 6.10 Å². The van der Waals surface area contributed by atoms with E-state index in [4.69, 9.17) is 4.74 Å². The number of nitrogens with zero attached hydrogens (tertiary/aromatic N) is 2. The number of aliphatic hydroxyl groups is 1. The fourth-order valence-electron chi connectivity index (χ4n) is 3.76. The third-order valence-electron chi connectivity index (χ3n) is 5.44. The van der Waals surface area contributed by atoms with Crippen LogP contribution in [-0.4, -0.2) is 55.4 Å². The second kappa shape index (κ2) is 9.74. The van der Waals surface area contributed by atoms with Gasteiger partial charge >= 0.3 is 0 Å². The second-order valence-corrected chi connectivity index (χ2v) is 7.62. The zero-order valence-corrected chi connectivity index (χ0v) is 17.0. The van der Waals surface area contributed by atoms with Crippen LogP contribution < -0.4 is 9.64 Å². The van der Waals surface area contributed by atoms with Gasteiger partial charge in [0.25, 0.3) is 0 Å². The molecule has 1 saturated heterocycles. The molecule has 0 amide bonds. The molecule has 0 spiro atoms. The van der Waals surface area contributed by atoms with Crippen molar-refractivity contribution in [2.24, 2.45) is 0 Å². The monoisotopic (exact) mass is 406 g/mol. The van der Waals surface area contributed by atoms with E-state index in [0.717, 1.165) is 43.2 Å². The minimum absolute atomic E-state index is 0.213. The van der Waals surface area contributed by atoms with Crippen LogP contribution in [0.3, 0.4) is 0 Å². The molecule has 0 saturated carbocycles. The summed E-state index contributed by atoms with van der Waals surface area (Å²) in [6, 6.07) is 24.8. The first kappa shape index (κ1) is 20.4. The van der Waals surface area contributed by atoms with Crippen LogP contribution in [0.4, 0.5) is 10.1 Å². The third kappa shape index (κ3) is 5.38. The molecule has 5 heteroatoms. The summed E-state index contributed by atoms with van der Waals surface area (Å²) in [5, 5.41) is 10.4. The highest BCUT2D eigenvalue weighted by Crippen LogP contribution is 2.22. The Bertz CT molecular complexity index is 908. The van der Waals surface area contributed by atoms with Gasteiger partial charge in [-0.2, -0.15) is 0 Å². The summed E-state index contributed by atoms with van der Waals surface area (Å²) < 4.78 is 18.9. The summed E-state index contributed by atoms with van der Waals surface area (Å²) in [5.74, 6) is 0.546. The maximum atomic E-state index is 13.1. The molecule has 3 aromatic carbocycles. The first-order chi connectivity index (χ1) is 14.7. The zero-order valence-electron chi connectivity index (χ0n) is 17.0. The molecule has 4 nitrogen and oxygen atoms in total. The standard InChI is InChI=1S/C25H27FN2O2/c26-22-8-10-23(11-9-22)28-16-14-27(15-17-28)18-24(29)19-30-25-12-6-21(7-13-25)20-4-2-1-3-5-20/h1-13,24,29H,14-19H2/t24-/m1/s1. The van der Waals surface area contributed by atoms with Gasteiger partial charge < -0.3 is 14.7 Å². The van der Waals surface area contributed by atoms with Gasteiger partial charge in [-0.05, 0) is 47.5 Å². The molecule has 0 radical (unpaired) electrons. The van der Waals surface area contributed by atoms with Crippen molar-refractivity contribution in [2.75, 3.05) is 44.2 Å². The van der Waals surface area contributed by atoms with E-state index in [0.29, 0.717) is 6.54 Å². The first-order valence-corrected chi connectivity index (χ1v) is 10.4. The Morgan fingerprint density at radius 1 is 0.800 bits per heavy atom. The molecule has 0 aromatic heterocycles. The van der Waals surface area contributed by atoms with Gasteiger partial charge in [0.15, 0.2) is 0 Å². The van der Waals surface area contributed by atoms with E-state index < -0.39 is 6.10 Å². The highest BCUT2D eigenvalue weighted by molar-refractivity contribution is 5.63. The molecule has 1 aliphatic heterocycles. The number of aliphatic hydroxyl groups excluding tert-OH is 1. The average Bonchev–Trinajstić information content (AvgIpc) is 2.80. The van der Waals surface area contributed by atoms with Gasteiger partial charge in [-0.25, -0.2) is 4.39 Å². The normalized spacial score (nSPS) is 15.7. The molecule has 156 valence electrons. The summed E-state index contributed by atoms with van der Waals surface area (Å²) in [4.78, 5) is 4.49. The van der Waals surface area contributed by atoms with Gasteiger partial charge in [0.05, 0.1) is 0 Å². The molecule has 0 unspecified atom stereocenters. The van der Waals surface area contributed by atoms with Gasteiger partial charge in [0.1, 0.15) is 24.3 Å². The van der Waals surface area contributed by atoms with E-state index in [1.807, 2.05) is 54.6 Å². The summed E-state index contributed by atoms with van der Waals surface area (Å²) in [5.41, 5.74) is 3.35. The van der Waals surface area contributed by atoms with Crippen molar-refractivity contribution in [3.8, 4) is 16.9 Å². The quantitative estimate of drug-likeness (QED) is 0.642. The molecular formula is C25H27FN2O2. The number of ether oxygens (including phenoxy) is 1. The lowest BCUT2D eigenvalue weighted by atomic mass is 10.1. The van der Waals surface area contributed by atoms with Crippen molar-refractivity contribution >= 4 is 5.69 Å². The lowest BCUT2D eigenvalue weighted by Gasteiger charge is -2.36. The van der Waals surface area contributed by atoms with Crippen LogP contribution in [-0.2, 0) is 0 Å². The van der Waals surface area contributed by atoms with Gasteiger partial charge in [0.2, 0.25) is 0 Å². The summed E-state index contributed by atoms with van der Waals surface area (Å²) in [6.45, 7) is 4.29. The lowest BCUT2D eigenvalue weighted by molar-refractivity contribution is 0.0663. The van der Waals surface area contributed by atoms with Crippen molar-refractivity contribution < 1.29 is 14.2 Å². The minimum Gasteiger partial charge on any atom is -0.491 e.